The number of amides is 1. The van der Waals surface area contributed by atoms with E-state index in [0.717, 1.165) is 40.7 Å². The lowest BCUT2D eigenvalue weighted by molar-refractivity contribution is 0.0509. The van der Waals surface area contributed by atoms with Gasteiger partial charge < -0.3 is 15.0 Å². The third-order valence-electron chi connectivity index (χ3n) is 4.62. The molecule has 6 nitrogen and oxygen atoms in total. The number of anilines is 1. The first-order valence-corrected chi connectivity index (χ1v) is 9.22. The quantitative estimate of drug-likeness (QED) is 0.874. The van der Waals surface area contributed by atoms with Crippen LogP contribution in [0.2, 0.25) is 0 Å². The molecule has 0 bridgehead atoms. The summed E-state index contributed by atoms with van der Waals surface area (Å²) in [5, 5.41) is 13.5. The van der Waals surface area contributed by atoms with Crippen molar-refractivity contribution in [2.24, 2.45) is 0 Å². The third kappa shape index (κ3) is 4.13. The molecule has 142 valence electrons. The van der Waals surface area contributed by atoms with Crippen molar-refractivity contribution in [3.05, 3.63) is 35.0 Å². The number of carbonyl (C=O) groups excluding carboxylic acids is 1. The highest BCUT2D eigenvalue weighted by molar-refractivity contribution is 5.96. The zero-order chi connectivity index (χ0) is 19.8. The van der Waals surface area contributed by atoms with E-state index in [-0.39, 0.29) is 6.04 Å². The Labute approximate surface area is 160 Å². The number of carbonyl (C=O) groups is 1. The SMILES string of the molecule is Cc1cc(C)c2ncc(C#N)c(N3CCC(NC(=O)OC(C)(C)C)C3)c2c1. The van der Waals surface area contributed by atoms with E-state index in [1.54, 1.807) is 6.20 Å². The lowest BCUT2D eigenvalue weighted by Gasteiger charge is -2.24. The summed E-state index contributed by atoms with van der Waals surface area (Å²) in [4.78, 5) is 18.7. The number of aromatic nitrogens is 1. The number of benzene rings is 1. The van der Waals surface area contributed by atoms with Gasteiger partial charge in [0.1, 0.15) is 11.7 Å². The van der Waals surface area contributed by atoms with Crippen LogP contribution >= 0.6 is 0 Å². The van der Waals surface area contributed by atoms with Gasteiger partial charge in [-0.25, -0.2) is 4.79 Å². The zero-order valence-electron chi connectivity index (χ0n) is 16.6. The number of nitrogens with one attached hydrogen (secondary N) is 1. The average molecular weight is 366 g/mol. The van der Waals surface area contributed by atoms with Gasteiger partial charge in [-0.05, 0) is 52.7 Å². The number of fused-ring (bicyclic) bond motifs is 1. The number of alkyl carbamates (subject to hydrolysis) is 1. The molecule has 1 atom stereocenters. The fourth-order valence-electron chi connectivity index (χ4n) is 3.63. The number of ether oxygens (including phenoxy) is 1. The number of hydrogen-bond acceptors (Lipinski definition) is 5. The minimum Gasteiger partial charge on any atom is -0.444 e. The minimum atomic E-state index is -0.521. The molecule has 1 aliphatic rings. The van der Waals surface area contributed by atoms with Crippen molar-refractivity contribution in [3.8, 4) is 6.07 Å². The Balaban J connectivity index is 1.88. The maximum atomic E-state index is 12.1. The molecule has 1 amide bonds. The smallest absolute Gasteiger partial charge is 0.407 e. The Morgan fingerprint density at radius 1 is 1.37 bits per heavy atom. The number of aryl methyl sites for hydroxylation is 2. The summed E-state index contributed by atoms with van der Waals surface area (Å²) in [6.07, 6.45) is 2.05. The number of nitriles is 1. The van der Waals surface area contributed by atoms with Crippen molar-refractivity contribution in [1.29, 1.82) is 5.26 Å². The van der Waals surface area contributed by atoms with Crippen molar-refractivity contribution >= 4 is 22.7 Å². The van der Waals surface area contributed by atoms with E-state index in [1.165, 1.54) is 0 Å². The fraction of sp³-hybridized carbons (Fsp3) is 0.476. The Bertz CT molecular complexity index is 924. The van der Waals surface area contributed by atoms with E-state index in [2.05, 4.69) is 33.4 Å². The summed E-state index contributed by atoms with van der Waals surface area (Å²) in [5.41, 5.74) is 4.10. The van der Waals surface area contributed by atoms with Gasteiger partial charge in [0.05, 0.1) is 22.8 Å². The molecule has 0 aliphatic carbocycles. The molecule has 27 heavy (non-hydrogen) atoms. The molecule has 3 rings (SSSR count). The predicted octanol–water partition coefficient (Wildman–Crippen LogP) is 3.83. The first kappa shape index (κ1) is 19.0. The molecule has 2 aromatic rings. The number of rotatable bonds is 2. The lowest BCUT2D eigenvalue weighted by Crippen LogP contribution is -2.40. The maximum absolute atomic E-state index is 12.1. The highest BCUT2D eigenvalue weighted by atomic mass is 16.6. The number of hydrogen-bond donors (Lipinski definition) is 1. The summed E-state index contributed by atoms with van der Waals surface area (Å²) < 4.78 is 5.36. The average Bonchev–Trinajstić information content (AvgIpc) is 2.99. The van der Waals surface area contributed by atoms with Crippen molar-refractivity contribution in [1.82, 2.24) is 10.3 Å². The van der Waals surface area contributed by atoms with Gasteiger partial charge in [-0.15, -0.1) is 0 Å². The molecule has 0 saturated carbocycles. The van der Waals surface area contributed by atoms with Crippen LogP contribution < -0.4 is 10.2 Å². The second-order valence-electron chi connectivity index (χ2n) is 8.19. The molecule has 1 fully saturated rings. The van der Waals surface area contributed by atoms with E-state index in [9.17, 15) is 10.1 Å². The maximum Gasteiger partial charge on any atom is 0.407 e. The minimum absolute atomic E-state index is 0.0134. The standard InChI is InChI=1S/C21H26N4O2/c1-13-8-14(2)18-17(9-13)19(15(10-22)11-23-18)25-7-6-16(12-25)24-20(26)27-21(3,4)5/h8-9,11,16H,6-7,12H2,1-5H3,(H,24,26). The topological polar surface area (TPSA) is 78.3 Å². The van der Waals surface area contributed by atoms with E-state index in [1.807, 2.05) is 34.6 Å². The van der Waals surface area contributed by atoms with Gasteiger partial charge in [0, 0.05) is 24.7 Å². The predicted molar refractivity (Wildman–Crippen MR) is 106 cm³/mol. The van der Waals surface area contributed by atoms with Gasteiger partial charge in [-0.2, -0.15) is 5.26 Å². The zero-order valence-corrected chi connectivity index (χ0v) is 16.6. The molecule has 1 aliphatic heterocycles. The Hall–Kier alpha value is -2.81. The third-order valence-corrected chi connectivity index (χ3v) is 4.62. The van der Waals surface area contributed by atoms with Crippen molar-refractivity contribution in [2.45, 2.75) is 52.7 Å². The van der Waals surface area contributed by atoms with Gasteiger partial charge >= 0.3 is 6.09 Å². The van der Waals surface area contributed by atoms with Crippen LogP contribution in [-0.2, 0) is 4.74 Å². The fourth-order valence-corrected chi connectivity index (χ4v) is 3.63. The van der Waals surface area contributed by atoms with Crippen molar-refractivity contribution < 1.29 is 9.53 Å². The van der Waals surface area contributed by atoms with E-state index < -0.39 is 11.7 Å². The summed E-state index contributed by atoms with van der Waals surface area (Å²) in [5.74, 6) is 0. The van der Waals surface area contributed by atoms with Gasteiger partial charge in [0.25, 0.3) is 0 Å². The molecule has 1 aromatic carbocycles. The Morgan fingerprint density at radius 2 is 2.11 bits per heavy atom. The highest BCUT2D eigenvalue weighted by Crippen LogP contribution is 2.33. The van der Waals surface area contributed by atoms with E-state index in [0.29, 0.717) is 12.1 Å². The van der Waals surface area contributed by atoms with Crippen LogP contribution in [0.25, 0.3) is 10.9 Å². The van der Waals surface area contributed by atoms with Crippen LogP contribution in [0.3, 0.4) is 0 Å². The molecule has 2 heterocycles. The summed E-state index contributed by atoms with van der Waals surface area (Å²) in [7, 11) is 0. The first-order valence-electron chi connectivity index (χ1n) is 9.22. The van der Waals surface area contributed by atoms with Gasteiger partial charge in [0.15, 0.2) is 0 Å². The lowest BCUT2D eigenvalue weighted by atomic mass is 10.0. The van der Waals surface area contributed by atoms with Crippen LogP contribution in [0.15, 0.2) is 18.3 Å². The second kappa shape index (κ2) is 7.07. The van der Waals surface area contributed by atoms with Crippen LogP contribution in [0.5, 0.6) is 0 Å². The van der Waals surface area contributed by atoms with Crippen LogP contribution in [-0.4, -0.2) is 35.8 Å². The van der Waals surface area contributed by atoms with Crippen LogP contribution in [0.4, 0.5) is 10.5 Å². The van der Waals surface area contributed by atoms with Crippen LogP contribution in [0.1, 0.15) is 43.9 Å². The molecule has 0 radical (unpaired) electrons. The highest BCUT2D eigenvalue weighted by Gasteiger charge is 2.28. The number of pyridine rings is 1. The first-order chi connectivity index (χ1) is 12.7. The monoisotopic (exact) mass is 366 g/mol. The largest absolute Gasteiger partial charge is 0.444 e. The normalized spacial score (nSPS) is 17.0. The molecular weight excluding hydrogens is 340 g/mol. The molecular formula is C21H26N4O2. The molecule has 1 saturated heterocycles. The van der Waals surface area contributed by atoms with Gasteiger partial charge in [-0.1, -0.05) is 11.6 Å². The van der Waals surface area contributed by atoms with Gasteiger partial charge in [0.2, 0.25) is 0 Å². The molecule has 1 aromatic heterocycles. The van der Waals surface area contributed by atoms with Crippen molar-refractivity contribution in [2.75, 3.05) is 18.0 Å². The molecule has 1 unspecified atom stereocenters. The van der Waals surface area contributed by atoms with Crippen molar-refractivity contribution in [3.63, 3.8) is 0 Å². The van der Waals surface area contributed by atoms with E-state index in [4.69, 9.17) is 4.74 Å². The summed E-state index contributed by atoms with van der Waals surface area (Å²) in [6.45, 7) is 11.0. The molecule has 0 spiro atoms. The van der Waals surface area contributed by atoms with Crippen LogP contribution in [0, 0.1) is 25.2 Å². The summed E-state index contributed by atoms with van der Waals surface area (Å²) in [6, 6.07) is 6.44. The number of nitrogens with zero attached hydrogens (tertiary/aromatic N) is 3. The van der Waals surface area contributed by atoms with E-state index >= 15 is 0 Å². The molecule has 1 N–H and O–H groups in total. The Kier molecular flexibility index (Phi) is 4.97. The Morgan fingerprint density at radius 3 is 2.78 bits per heavy atom. The second-order valence-corrected chi connectivity index (χ2v) is 8.19. The summed E-state index contributed by atoms with van der Waals surface area (Å²) >= 11 is 0. The molecule has 6 heteroatoms. The van der Waals surface area contributed by atoms with Gasteiger partial charge in [-0.3, -0.25) is 4.98 Å².